The highest BCUT2D eigenvalue weighted by molar-refractivity contribution is 6.00. The number of carbonyl (C=O) groups is 12. The molecule has 0 aromatic carbocycles. The number of ether oxygens (including phenoxy) is 1. The van der Waals surface area contributed by atoms with E-state index in [1.165, 1.54) is 87.6 Å². The summed E-state index contributed by atoms with van der Waals surface area (Å²) in [7, 11) is 8.86. The van der Waals surface area contributed by atoms with E-state index in [-0.39, 0.29) is 80.6 Å². The largest absolute Gasteiger partial charge is 0.391 e. The molecule has 602 valence electrons. The van der Waals surface area contributed by atoms with Crippen LogP contribution in [0.5, 0.6) is 0 Å². The Kier molecular flexibility index (Phi) is 35.0. The number of aliphatic hydroxyl groups excluding tert-OH is 1. The number of carbonyl (C=O) groups excluding carboxylic acids is 12. The summed E-state index contributed by atoms with van der Waals surface area (Å²) in [5, 5.41) is 26.1. The van der Waals surface area contributed by atoms with Crippen LogP contribution in [0.15, 0.2) is 0 Å². The van der Waals surface area contributed by atoms with E-state index >= 15 is 43.2 Å². The van der Waals surface area contributed by atoms with Gasteiger partial charge in [-0.15, -0.1) is 0 Å². The van der Waals surface area contributed by atoms with Crippen molar-refractivity contribution in [3.05, 3.63) is 0 Å². The van der Waals surface area contributed by atoms with Gasteiger partial charge in [0.25, 0.3) is 0 Å². The van der Waals surface area contributed by atoms with Crippen LogP contribution in [0.3, 0.4) is 0 Å². The smallest absolute Gasteiger partial charge is 0.248 e. The van der Waals surface area contributed by atoms with Crippen molar-refractivity contribution in [2.24, 2.45) is 35.5 Å². The monoisotopic (exact) mass is 1490 g/mol. The van der Waals surface area contributed by atoms with E-state index in [4.69, 9.17) is 4.74 Å². The highest BCUT2D eigenvalue weighted by Crippen LogP contribution is 2.35. The van der Waals surface area contributed by atoms with E-state index in [0.29, 0.717) is 25.9 Å². The third-order valence-electron chi connectivity index (χ3n) is 23.8. The molecule has 4 aliphatic carbocycles. The lowest BCUT2D eigenvalue weighted by Crippen LogP contribution is -2.63. The van der Waals surface area contributed by atoms with Crippen molar-refractivity contribution in [3.8, 4) is 0 Å². The zero-order valence-electron chi connectivity index (χ0n) is 67.6. The van der Waals surface area contributed by atoms with E-state index in [0.717, 1.165) is 140 Å². The minimum absolute atomic E-state index is 0.00984. The van der Waals surface area contributed by atoms with Gasteiger partial charge in [-0.25, -0.2) is 0 Å². The SMILES string of the molecule is CC(C)C[C@@H]1NC(=O)[C@H](CC(C)C)N(C)C(=O)[C@@H](C)NC(=O)C[C@@H](C(=O)N2CCCCC2)NC(=O)[C@H](CC2CCCCC2)N(C)C(=O)[C@H](CC2CCCCC2)N(C)C(=O)[C@H](C)N(C)C(=O)[C@H]([C@@H](C)O)NC(=O)[C@H](CC2CCCCC2)N(C)C(=O)[C@H](COC(C)(C)C)NC(=O)[C@H](CC2CCCCC2)N(C)C1=O. The predicted octanol–water partition coefficient (Wildman–Crippen LogP) is 7.00. The van der Waals surface area contributed by atoms with Gasteiger partial charge in [0.1, 0.15) is 66.5 Å². The average molecular weight is 1490 g/mol. The van der Waals surface area contributed by atoms with Gasteiger partial charge >= 0.3 is 0 Å². The lowest BCUT2D eigenvalue weighted by Gasteiger charge is -2.40. The van der Waals surface area contributed by atoms with E-state index in [1.807, 2.05) is 27.7 Å². The zero-order valence-corrected chi connectivity index (χ0v) is 67.6. The Labute approximate surface area is 633 Å². The Morgan fingerprint density at radius 3 is 1.23 bits per heavy atom. The molecule has 6 rings (SSSR count). The molecule has 0 aromatic rings. The van der Waals surface area contributed by atoms with E-state index in [9.17, 15) is 19.5 Å². The van der Waals surface area contributed by atoms with Gasteiger partial charge in [-0.05, 0) is 135 Å². The zero-order chi connectivity index (χ0) is 78.4. The Morgan fingerprint density at radius 2 is 0.792 bits per heavy atom. The summed E-state index contributed by atoms with van der Waals surface area (Å²) < 4.78 is 6.31. The summed E-state index contributed by atoms with van der Waals surface area (Å²) in [6, 6.07) is -14.2. The molecule has 26 heteroatoms. The predicted molar refractivity (Wildman–Crippen MR) is 406 cm³/mol. The Morgan fingerprint density at radius 1 is 0.425 bits per heavy atom. The minimum Gasteiger partial charge on any atom is -0.391 e. The maximum Gasteiger partial charge on any atom is 0.248 e. The second-order valence-corrected chi connectivity index (χ2v) is 34.4. The van der Waals surface area contributed by atoms with Crippen LogP contribution in [0.25, 0.3) is 0 Å². The molecule has 6 aliphatic rings. The van der Waals surface area contributed by atoms with Gasteiger partial charge in [-0.1, -0.05) is 156 Å². The van der Waals surface area contributed by atoms with Gasteiger partial charge in [0.15, 0.2) is 0 Å². The highest BCUT2D eigenvalue weighted by Gasteiger charge is 2.46. The number of hydrogen-bond donors (Lipinski definition) is 6. The normalized spacial score (nSPS) is 29.3. The molecule has 0 bridgehead atoms. The molecule has 4 saturated carbocycles. The van der Waals surface area contributed by atoms with E-state index in [1.54, 1.807) is 25.7 Å². The van der Waals surface area contributed by atoms with Gasteiger partial charge in [0.05, 0.1) is 24.7 Å². The van der Waals surface area contributed by atoms with Crippen molar-refractivity contribution in [2.75, 3.05) is 62.0 Å². The number of aliphatic hydroxyl groups is 1. The van der Waals surface area contributed by atoms with Gasteiger partial charge in [-0.3, -0.25) is 57.5 Å². The number of likely N-dealkylation sites (N-methyl/N-ethyl adjacent to an activating group) is 6. The fourth-order valence-corrected chi connectivity index (χ4v) is 17.0. The molecule has 0 spiro atoms. The molecule has 2 heterocycles. The molecular weight excluding hydrogens is 1350 g/mol. The first-order chi connectivity index (χ1) is 50.0. The number of hydrogen-bond acceptors (Lipinski definition) is 14. The van der Waals surface area contributed by atoms with Crippen molar-refractivity contribution in [3.63, 3.8) is 0 Å². The minimum atomic E-state index is -1.65. The van der Waals surface area contributed by atoms with Crippen LogP contribution in [0.4, 0.5) is 0 Å². The van der Waals surface area contributed by atoms with E-state index < -0.39 is 155 Å². The highest BCUT2D eigenvalue weighted by atomic mass is 16.5. The van der Waals surface area contributed by atoms with Crippen molar-refractivity contribution in [1.29, 1.82) is 0 Å². The number of amides is 12. The topological polar surface area (TPSA) is 317 Å². The number of piperidine rings is 1. The Bertz CT molecular complexity index is 2930. The summed E-state index contributed by atoms with van der Waals surface area (Å²) in [6.45, 7) is 17.7. The van der Waals surface area contributed by atoms with Crippen LogP contribution in [0.1, 0.15) is 262 Å². The van der Waals surface area contributed by atoms with Crippen molar-refractivity contribution in [2.45, 2.75) is 340 Å². The Hall–Kier alpha value is -6.44. The summed E-state index contributed by atoms with van der Waals surface area (Å²) in [5.74, 6) is -8.23. The second kappa shape index (κ2) is 41.9. The quantitative estimate of drug-likeness (QED) is 0.0907. The first-order valence-corrected chi connectivity index (χ1v) is 40.7. The maximum atomic E-state index is 15.8. The van der Waals surface area contributed by atoms with Crippen LogP contribution in [-0.2, 0) is 62.3 Å². The fourth-order valence-electron chi connectivity index (χ4n) is 17.0. The summed E-state index contributed by atoms with van der Waals surface area (Å²) in [4.78, 5) is 192. The number of likely N-dealkylation sites (tertiary alicyclic amines) is 1. The number of rotatable bonds is 16. The lowest BCUT2D eigenvalue weighted by atomic mass is 9.83. The molecule has 0 unspecified atom stereocenters. The fraction of sp³-hybridized carbons (Fsp3) is 0.850. The van der Waals surface area contributed by atoms with Crippen LogP contribution in [0, 0.1) is 35.5 Å². The molecule has 6 fully saturated rings. The van der Waals surface area contributed by atoms with Crippen LogP contribution < -0.4 is 26.6 Å². The molecule has 12 atom stereocenters. The molecule has 0 radical (unpaired) electrons. The van der Waals surface area contributed by atoms with E-state index in [2.05, 4.69) is 26.6 Å². The van der Waals surface area contributed by atoms with Crippen molar-refractivity contribution < 1.29 is 67.4 Å². The molecule has 0 aromatic heterocycles. The first kappa shape index (κ1) is 88.5. The average Bonchev–Trinajstić information content (AvgIpc) is 0.810. The van der Waals surface area contributed by atoms with Crippen molar-refractivity contribution in [1.82, 2.24) is 60.9 Å². The third-order valence-corrected chi connectivity index (χ3v) is 23.8. The summed E-state index contributed by atoms with van der Waals surface area (Å²) in [5.41, 5.74) is -0.832. The summed E-state index contributed by atoms with van der Waals surface area (Å²) in [6.07, 6.45) is 18.9. The molecule has 2 aliphatic heterocycles. The summed E-state index contributed by atoms with van der Waals surface area (Å²) >= 11 is 0. The maximum absolute atomic E-state index is 15.8. The van der Waals surface area contributed by atoms with Crippen LogP contribution in [-0.4, -0.2) is 250 Å². The van der Waals surface area contributed by atoms with Crippen LogP contribution >= 0.6 is 0 Å². The van der Waals surface area contributed by atoms with Gasteiger partial charge in [-0.2, -0.15) is 0 Å². The standard InChI is InChI=1S/C80H138N12O14/c1-50(2)42-59-75(101)88(13)63(44-55-32-22-17-23-33-55)71(97)84-61(49-106-80(8,9)10)76(102)89(14)65(46-57-36-26-19-27-37-57)72(98)85-68(54(7)93)79(105)86(11)53(6)74(100)91(16)66(47-58-38-28-20-29-39-58)78(104)90(15)64(45-56-34-24-18-25-35-56)70(96)83-60(77(103)92-40-30-21-31-41-92)48-67(94)81-52(5)73(99)87(12)62(43-51(3)4)69(95)82-59/h50-66,68,93H,17-49H2,1-16H3,(H,81,94)(H,82,95)(H,83,96)(H,84,97)(H,85,98)/t52-,53+,54-,59+,60+,61+,62+,63+,64+,65+,66+,68+/m1/s1. The van der Waals surface area contributed by atoms with Gasteiger partial charge < -0.3 is 70.7 Å². The molecule has 106 heavy (non-hydrogen) atoms. The molecule has 6 N–H and O–H groups in total. The molecule has 26 nitrogen and oxygen atoms in total. The van der Waals surface area contributed by atoms with Gasteiger partial charge in [0, 0.05) is 55.4 Å². The third kappa shape index (κ3) is 25.9. The molecule has 2 saturated heterocycles. The number of nitrogens with one attached hydrogen (secondary N) is 5. The first-order valence-electron chi connectivity index (χ1n) is 40.7. The van der Waals surface area contributed by atoms with Crippen LogP contribution in [0.2, 0.25) is 0 Å². The van der Waals surface area contributed by atoms with Gasteiger partial charge in [0.2, 0.25) is 70.9 Å². The number of nitrogens with zero attached hydrogens (tertiary/aromatic N) is 7. The lowest BCUT2D eigenvalue weighted by molar-refractivity contribution is -0.153. The van der Waals surface area contributed by atoms with Crippen molar-refractivity contribution >= 4 is 70.9 Å². The Balaban J connectivity index is 1.49. The molecule has 12 amide bonds. The molecular formula is C80H138N12O14. The second-order valence-electron chi connectivity index (χ2n) is 34.4.